The molecule has 1 aliphatic heterocycles. The van der Waals surface area contributed by atoms with Crippen molar-refractivity contribution < 1.29 is 31.9 Å². The predicted octanol–water partition coefficient (Wildman–Crippen LogP) is 2.27. The lowest BCUT2D eigenvalue weighted by Gasteiger charge is -2.27. The molecule has 1 saturated heterocycles. The van der Waals surface area contributed by atoms with E-state index in [-0.39, 0.29) is 43.1 Å². The minimum absolute atomic E-state index is 0.0255. The summed E-state index contributed by atoms with van der Waals surface area (Å²) in [4.78, 5) is 41.1. The number of hydrogen-bond donors (Lipinski definition) is 4. The summed E-state index contributed by atoms with van der Waals surface area (Å²) < 4.78 is 58.3. The number of hydrogen-bond acceptors (Lipinski definition) is 7. The van der Waals surface area contributed by atoms with Crippen LogP contribution in [0.15, 0.2) is 53.6 Å². The van der Waals surface area contributed by atoms with Gasteiger partial charge < -0.3 is 20.7 Å². The summed E-state index contributed by atoms with van der Waals surface area (Å²) in [7, 11) is 0. The number of nitrogens with one attached hydrogen (secondary N) is 4. The van der Waals surface area contributed by atoms with Crippen molar-refractivity contribution in [1.82, 2.24) is 25.8 Å². The zero-order valence-electron chi connectivity index (χ0n) is 19.0. The molecule has 0 aliphatic carbocycles. The summed E-state index contributed by atoms with van der Waals surface area (Å²) in [6.45, 7) is 0.0908. The van der Waals surface area contributed by atoms with Crippen LogP contribution in [0.1, 0.15) is 28.0 Å². The van der Waals surface area contributed by atoms with Crippen LogP contribution in [-0.2, 0) is 22.3 Å². The molecule has 1 aromatic carbocycles. The third-order valence-electron chi connectivity index (χ3n) is 5.56. The molecule has 1 fully saturated rings. The van der Waals surface area contributed by atoms with E-state index in [9.17, 15) is 31.9 Å². The first-order valence-electron chi connectivity index (χ1n) is 10.9. The van der Waals surface area contributed by atoms with Crippen LogP contribution < -0.4 is 21.5 Å². The Kier molecular flexibility index (Phi) is 7.20. The Bertz CT molecular complexity index is 1350. The maximum atomic E-state index is 13.3. The number of halogens is 4. The van der Waals surface area contributed by atoms with E-state index >= 15 is 0 Å². The highest BCUT2D eigenvalue weighted by atomic mass is 19.4. The standard InChI is InChI=1S/C23H20F4N6O4/c24-14-1-4-18(17(8-14)23(25,26)27)31-16-3-2-15(28-11-16)10-29-21(36)22(5-6-37-12-22)32-20(35)13-7-19(34)33-30-9-13/h1-4,7-9,11,31H,5-6,10,12H2,(H,29,36)(H,32,35)(H,33,34)/t22-/m0/s1. The summed E-state index contributed by atoms with van der Waals surface area (Å²) >= 11 is 0. The van der Waals surface area contributed by atoms with Gasteiger partial charge in [-0.1, -0.05) is 0 Å². The van der Waals surface area contributed by atoms with Gasteiger partial charge in [-0.2, -0.15) is 18.3 Å². The van der Waals surface area contributed by atoms with Crippen LogP contribution in [0, 0.1) is 5.82 Å². The molecule has 0 radical (unpaired) electrons. The van der Waals surface area contributed by atoms with Crippen LogP contribution in [-0.4, -0.2) is 45.7 Å². The Hall–Kier alpha value is -4.33. The van der Waals surface area contributed by atoms with Gasteiger partial charge in [0.25, 0.3) is 11.5 Å². The van der Waals surface area contributed by atoms with Crippen molar-refractivity contribution in [3.05, 3.63) is 81.8 Å². The van der Waals surface area contributed by atoms with Crippen molar-refractivity contribution in [3.63, 3.8) is 0 Å². The lowest BCUT2D eigenvalue weighted by Crippen LogP contribution is -2.59. The molecule has 0 spiro atoms. The Labute approximate surface area is 206 Å². The zero-order valence-corrected chi connectivity index (χ0v) is 19.0. The largest absolute Gasteiger partial charge is 0.418 e. The number of amides is 2. The molecule has 3 aromatic rings. The number of benzene rings is 1. The maximum absolute atomic E-state index is 13.3. The highest BCUT2D eigenvalue weighted by Crippen LogP contribution is 2.36. The summed E-state index contributed by atoms with van der Waals surface area (Å²) in [5.74, 6) is -2.23. The number of ether oxygens (including phenoxy) is 1. The van der Waals surface area contributed by atoms with Gasteiger partial charge in [-0.15, -0.1) is 0 Å². The molecule has 1 aliphatic rings. The molecule has 37 heavy (non-hydrogen) atoms. The summed E-state index contributed by atoms with van der Waals surface area (Å²) in [6.07, 6.45) is -2.15. The third-order valence-corrected chi connectivity index (χ3v) is 5.56. The molecule has 1 atom stereocenters. The number of carbonyl (C=O) groups excluding carboxylic acids is 2. The number of nitrogens with zero attached hydrogens (tertiary/aromatic N) is 2. The Morgan fingerprint density at radius 3 is 2.59 bits per heavy atom. The van der Waals surface area contributed by atoms with Crippen LogP contribution in [0.4, 0.5) is 28.9 Å². The van der Waals surface area contributed by atoms with Gasteiger partial charge in [-0.25, -0.2) is 9.49 Å². The number of aromatic nitrogens is 3. The SMILES string of the molecule is O=C(N[C@@]1(C(=O)NCc2ccc(Nc3ccc(F)cc3C(F)(F)F)cn2)CCOC1)c1cn[nH]c(=O)c1. The van der Waals surface area contributed by atoms with E-state index in [4.69, 9.17) is 4.74 Å². The lowest BCUT2D eigenvalue weighted by molar-refractivity contribution is -0.137. The first kappa shape index (κ1) is 25.8. The predicted molar refractivity (Wildman–Crippen MR) is 121 cm³/mol. The molecule has 0 unspecified atom stereocenters. The van der Waals surface area contributed by atoms with Crippen LogP contribution >= 0.6 is 0 Å². The van der Waals surface area contributed by atoms with Crippen LogP contribution in [0.25, 0.3) is 0 Å². The molecular weight excluding hydrogens is 500 g/mol. The monoisotopic (exact) mass is 520 g/mol. The molecular formula is C23H20F4N6O4. The summed E-state index contributed by atoms with van der Waals surface area (Å²) in [6, 6.07) is 6.26. The quantitative estimate of drug-likeness (QED) is 0.351. The Morgan fingerprint density at radius 1 is 1.14 bits per heavy atom. The highest BCUT2D eigenvalue weighted by molar-refractivity contribution is 5.99. The fourth-order valence-corrected chi connectivity index (χ4v) is 3.65. The number of pyridine rings is 1. The molecule has 2 aromatic heterocycles. The molecule has 4 N–H and O–H groups in total. The number of anilines is 2. The van der Waals surface area contributed by atoms with Gasteiger partial charge in [0.05, 0.1) is 53.7 Å². The minimum atomic E-state index is -4.76. The molecule has 3 heterocycles. The molecule has 14 heteroatoms. The molecule has 0 bridgehead atoms. The van der Waals surface area contributed by atoms with Crippen molar-refractivity contribution >= 4 is 23.2 Å². The van der Waals surface area contributed by atoms with Gasteiger partial charge in [0.2, 0.25) is 5.91 Å². The number of rotatable bonds is 7. The van der Waals surface area contributed by atoms with Gasteiger partial charge in [0, 0.05) is 19.1 Å². The average Bonchev–Trinajstić information content (AvgIpc) is 3.33. The van der Waals surface area contributed by atoms with Gasteiger partial charge in [-0.3, -0.25) is 19.4 Å². The second-order valence-corrected chi connectivity index (χ2v) is 8.21. The van der Waals surface area contributed by atoms with Crippen LogP contribution in [0.3, 0.4) is 0 Å². The summed E-state index contributed by atoms with van der Waals surface area (Å²) in [5.41, 5.74) is -2.89. The maximum Gasteiger partial charge on any atom is 0.418 e. The fraction of sp³-hybridized carbons (Fsp3) is 0.261. The lowest BCUT2D eigenvalue weighted by atomic mass is 9.96. The van der Waals surface area contributed by atoms with Crippen LogP contribution in [0.5, 0.6) is 0 Å². The van der Waals surface area contributed by atoms with E-state index in [0.717, 1.165) is 24.4 Å². The third kappa shape index (κ3) is 6.09. The van der Waals surface area contributed by atoms with Crippen molar-refractivity contribution in [2.24, 2.45) is 0 Å². The molecule has 4 rings (SSSR count). The topological polar surface area (TPSA) is 138 Å². The fourth-order valence-electron chi connectivity index (χ4n) is 3.65. The summed E-state index contributed by atoms with van der Waals surface area (Å²) in [5, 5.41) is 13.6. The highest BCUT2D eigenvalue weighted by Gasteiger charge is 2.44. The van der Waals surface area contributed by atoms with Crippen molar-refractivity contribution in [2.45, 2.75) is 24.7 Å². The van der Waals surface area contributed by atoms with Crippen molar-refractivity contribution in [3.8, 4) is 0 Å². The Balaban J connectivity index is 1.40. The zero-order chi connectivity index (χ0) is 26.6. The number of alkyl halides is 3. The van der Waals surface area contributed by atoms with Crippen molar-refractivity contribution in [2.75, 3.05) is 18.5 Å². The van der Waals surface area contributed by atoms with Crippen molar-refractivity contribution in [1.29, 1.82) is 0 Å². The first-order chi connectivity index (χ1) is 17.6. The second-order valence-electron chi connectivity index (χ2n) is 8.21. The van der Waals surface area contributed by atoms with E-state index in [0.29, 0.717) is 11.8 Å². The first-order valence-corrected chi connectivity index (χ1v) is 10.9. The van der Waals surface area contributed by atoms with E-state index in [1.165, 1.54) is 18.3 Å². The second kappa shape index (κ2) is 10.3. The van der Waals surface area contributed by atoms with Gasteiger partial charge >= 0.3 is 6.18 Å². The normalized spacial score (nSPS) is 17.3. The molecule has 194 valence electrons. The van der Waals surface area contributed by atoms with Gasteiger partial charge in [0.1, 0.15) is 11.4 Å². The molecule has 0 saturated carbocycles. The Morgan fingerprint density at radius 2 is 1.95 bits per heavy atom. The van der Waals surface area contributed by atoms with Gasteiger partial charge in [-0.05, 0) is 30.3 Å². The number of aromatic amines is 1. The molecule has 2 amide bonds. The number of carbonyl (C=O) groups is 2. The van der Waals surface area contributed by atoms with Gasteiger partial charge in [0.15, 0.2) is 0 Å². The van der Waals surface area contributed by atoms with Crippen LogP contribution in [0.2, 0.25) is 0 Å². The number of H-pyrrole nitrogens is 1. The van der Waals surface area contributed by atoms with E-state index < -0.39 is 40.5 Å². The minimum Gasteiger partial charge on any atom is -0.378 e. The van der Waals surface area contributed by atoms with E-state index in [2.05, 4.69) is 31.1 Å². The smallest absolute Gasteiger partial charge is 0.378 e. The average molecular weight is 520 g/mol. The molecule has 10 nitrogen and oxygen atoms in total. The van der Waals surface area contributed by atoms with E-state index in [1.807, 2.05) is 0 Å². The van der Waals surface area contributed by atoms with E-state index in [1.54, 1.807) is 0 Å².